The van der Waals surface area contributed by atoms with E-state index in [0.29, 0.717) is 19.6 Å². The second-order valence-electron chi connectivity index (χ2n) is 4.94. The summed E-state index contributed by atoms with van der Waals surface area (Å²) in [6.07, 6.45) is -1.64. The van der Waals surface area contributed by atoms with Crippen molar-refractivity contribution in [2.45, 2.75) is 18.8 Å². The van der Waals surface area contributed by atoms with Gasteiger partial charge in [-0.2, -0.15) is 0 Å². The number of β-amino-alcohol motifs (C(OH)–C–C–N with tert-alkyl or cyclic N) is 1. The van der Waals surface area contributed by atoms with Gasteiger partial charge in [-0.15, -0.1) is 0 Å². The number of nitrogens with two attached hydrogens (primary N) is 1. The number of piperidine rings is 1. The lowest BCUT2D eigenvalue weighted by Crippen LogP contribution is -2.53. The van der Waals surface area contributed by atoms with Gasteiger partial charge < -0.3 is 21.1 Å². The summed E-state index contributed by atoms with van der Waals surface area (Å²) in [4.78, 5) is 2.03. The van der Waals surface area contributed by atoms with E-state index in [1.165, 1.54) is 0 Å². The maximum atomic E-state index is 9.75. The zero-order chi connectivity index (χ0) is 13.1. The Bertz CT molecular complexity index is 382. The predicted molar refractivity (Wildman–Crippen MR) is 68.7 cm³/mol. The van der Waals surface area contributed by atoms with Crippen molar-refractivity contribution in [2.75, 3.05) is 25.4 Å². The van der Waals surface area contributed by atoms with E-state index in [9.17, 15) is 15.3 Å². The molecule has 0 bridgehead atoms. The molecule has 5 N–H and O–H groups in total. The summed E-state index contributed by atoms with van der Waals surface area (Å²) in [6, 6.07) is 7.57. The SMILES string of the molecule is Nc1ccc(CN2C[C@H](CO)[C@@H](O)[C@H](O)C2)cc1. The van der Waals surface area contributed by atoms with Crippen LogP contribution in [0.4, 0.5) is 5.69 Å². The molecule has 1 aromatic rings. The fourth-order valence-corrected chi connectivity index (χ4v) is 2.38. The average Bonchev–Trinajstić information content (AvgIpc) is 2.36. The highest BCUT2D eigenvalue weighted by Gasteiger charge is 2.33. The highest BCUT2D eigenvalue weighted by molar-refractivity contribution is 5.39. The van der Waals surface area contributed by atoms with Crippen LogP contribution in [-0.2, 0) is 6.54 Å². The van der Waals surface area contributed by atoms with Gasteiger partial charge in [-0.1, -0.05) is 12.1 Å². The fraction of sp³-hybridized carbons (Fsp3) is 0.538. The van der Waals surface area contributed by atoms with Crippen LogP contribution >= 0.6 is 0 Å². The van der Waals surface area contributed by atoms with Crippen LogP contribution < -0.4 is 5.73 Å². The number of hydrogen-bond acceptors (Lipinski definition) is 5. The molecular formula is C13H20N2O3. The fourth-order valence-electron chi connectivity index (χ4n) is 2.38. The van der Waals surface area contributed by atoms with Gasteiger partial charge in [-0.05, 0) is 17.7 Å². The summed E-state index contributed by atoms with van der Waals surface area (Å²) >= 11 is 0. The van der Waals surface area contributed by atoms with Crippen LogP contribution in [0.1, 0.15) is 5.56 Å². The second-order valence-corrected chi connectivity index (χ2v) is 4.94. The standard InChI is InChI=1S/C13H20N2O3/c14-11-3-1-9(2-4-11)5-15-6-10(8-16)13(18)12(17)7-15/h1-4,10,12-13,16-18H,5-8,14H2/t10-,12-,13-/m1/s1. The molecule has 0 saturated carbocycles. The van der Waals surface area contributed by atoms with Gasteiger partial charge in [0.05, 0.1) is 12.2 Å². The van der Waals surface area contributed by atoms with Crippen LogP contribution in [0.25, 0.3) is 0 Å². The van der Waals surface area contributed by atoms with E-state index in [0.717, 1.165) is 11.3 Å². The minimum atomic E-state index is -0.835. The average molecular weight is 252 g/mol. The van der Waals surface area contributed by atoms with Crippen molar-refractivity contribution in [1.29, 1.82) is 0 Å². The number of rotatable bonds is 3. The van der Waals surface area contributed by atoms with Gasteiger partial charge in [0.2, 0.25) is 0 Å². The van der Waals surface area contributed by atoms with Crippen molar-refractivity contribution in [3.8, 4) is 0 Å². The van der Waals surface area contributed by atoms with E-state index in [1.54, 1.807) is 0 Å². The van der Waals surface area contributed by atoms with E-state index >= 15 is 0 Å². The molecule has 5 heteroatoms. The molecule has 0 aliphatic carbocycles. The summed E-state index contributed by atoms with van der Waals surface area (Å²) in [5.41, 5.74) is 7.45. The Morgan fingerprint density at radius 2 is 1.83 bits per heavy atom. The number of benzene rings is 1. The third-order valence-corrected chi connectivity index (χ3v) is 3.44. The summed E-state index contributed by atoms with van der Waals surface area (Å²) in [6.45, 7) is 1.57. The smallest absolute Gasteiger partial charge is 0.0929 e. The molecule has 1 saturated heterocycles. The van der Waals surface area contributed by atoms with Gasteiger partial charge in [0.15, 0.2) is 0 Å². The first-order valence-corrected chi connectivity index (χ1v) is 6.14. The van der Waals surface area contributed by atoms with Crippen LogP contribution in [0, 0.1) is 5.92 Å². The first-order chi connectivity index (χ1) is 8.60. The molecule has 5 nitrogen and oxygen atoms in total. The molecular weight excluding hydrogens is 232 g/mol. The van der Waals surface area contributed by atoms with E-state index in [-0.39, 0.29) is 12.5 Å². The molecule has 0 spiro atoms. The van der Waals surface area contributed by atoms with Gasteiger partial charge >= 0.3 is 0 Å². The molecule has 1 heterocycles. The van der Waals surface area contributed by atoms with Crippen molar-refractivity contribution in [1.82, 2.24) is 4.90 Å². The predicted octanol–water partition coefficient (Wildman–Crippen LogP) is -0.585. The summed E-state index contributed by atoms with van der Waals surface area (Å²) in [5, 5.41) is 28.6. The van der Waals surface area contributed by atoms with E-state index in [2.05, 4.69) is 0 Å². The molecule has 1 fully saturated rings. The second kappa shape index (κ2) is 5.67. The van der Waals surface area contributed by atoms with Crippen LogP contribution in [-0.4, -0.2) is 52.1 Å². The number of hydrogen-bond donors (Lipinski definition) is 4. The zero-order valence-corrected chi connectivity index (χ0v) is 10.2. The number of likely N-dealkylation sites (tertiary alicyclic amines) is 1. The molecule has 0 amide bonds. The Hall–Kier alpha value is -1.14. The van der Waals surface area contributed by atoms with Crippen LogP contribution in [0.5, 0.6) is 0 Å². The largest absolute Gasteiger partial charge is 0.399 e. The number of aliphatic hydroxyl groups is 3. The van der Waals surface area contributed by atoms with Crippen molar-refractivity contribution < 1.29 is 15.3 Å². The first kappa shape index (κ1) is 13.3. The lowest BCUT2D eigenvalue weighted by molar-refractivity contribution is -0.0879. The Labute approximate surface area is 106 Å². The number of nitrogens with zero attached hydrogens (tertiary/aromatic N) is 1. The zero-order valence-electron chi connectivity index (χ0n) is 10.2. The summed E-state index contributed by atoms with van der Waals surface area (Å²) in [5.74, 6) is -0.289. The summed E-state index contributed by atoms with van der Waals surface area (Å²) < 4.78 is 0. The Kier molecular flexibility index (Phi) is 4.19. The van der Waals surface area contributed by atoms with Crippen molar-refractivity contribution in [3.63, 3.8) is 0 Å². The van der Waals surface area contributed by atoms with Gasteiger partial charge in [0.1, 0.15) is 0 Å². The molecule has 0 radical (unpaired) electrons. The molecule has 0 aromatic heterocycles. The van der Waals surface area contributed by atoms with Crippen LogP contribution in [0.3, 0.4) is 0 Å². The lowest BCUT2D eigenvalue weighted by atomic mass is 9.93. The maximum Gasteiger partial charge on any atom is 0.0929 e. The number of aliphatic hydroxyl groups excluding tert-OH is 3. The number of nitrogen functional groups attached to an aromatic ring is 1. The van der Waals surface area contributed by atoms with E-state index in [4.69, 9.17) is 5.73 Å². The molecule has 1 aliphatic rings. The molecule has 2 rings (SSSR count). The molecule has 18 heavy (non-hydrogen) atoms. The van der Waals surface area contributed by atoms with Gasteiger partial charge in [-0.3, -0.25) is 4.90 Å². The van der Waals surface area contributed by atoms with Crippen LogP contribution in [0.15, 0.2) is 24.3 Å². The molecule has 0 unspecified atom stereocenters. The van der Waals surface area contributed by atoms with Crippen molar-refractivity contribution >= 4 is 5.69 Å². The van der Waals surface area contributed by atoms with Crippen molar-refractivity contribution in [3.05, 3.63) is 29.8 Å². The molecule has 1 aromatic carbocycles. The molecule has 1 aliphatic heterocycles. The molecule has 3 atom stereocenters. The number of anilines is 1. The lowest BCUT2D eigenvalue weighted by Gasteiger charge is -2.38. The van der Waals surface area contributed by atoms with Crippen LogP contribution in [0.2, 0.25) is 0 Å². The third kappa shape index (κ3) is 3.00. The highest BCUT2D eigenvalue weighted by Crippen LogP contribution is 2.19. The Morgan fingerprint density at radius 1 is 1.17 bits per heavy atom. The van der Waals surface area contributed by atoms with Gasteiger partial charge in [0.25, 0.3) is 0 Å². The third-order valence-electron chi connectivity index (χ3n) is 3.44. The molecule has 100 valence electrons. The maximum absolute atomic E-state index is 9.75. The normalized spacial score (nSPS) is 29.4. The quantitative estimate of drug-likeness (QED) is 0.540. The van der Waals surface area contributed by atoms with E-state index in [1.807, 2.05) is 29.2 Å². The van der Waals surface area contributed by atoms with Gasteiger partial charge in [0, 0.05) is 37.8 Å². The Morgan fingerprint density at radius 3 is 2.44 bits per heavy atom. The van der Waals surface area contributed by atoms with E-state index < -0.39 is 12.2 Å². The van der Waals surface area contributed by atoms with Crippen molar-refractivity contribution in [2.24, 2.45) is 5.92 Å². The monoisotopic (exact) mass is 252 g/mol. The minimum absolute atomic E-state index is 0.115. The topological polar surface area (TPSA) is 90.0 Å². The minimum Gasteiger partial charge on any atom is -0.399 e. The Balaban J connectivity index is 1.99. The first-order valence-electron chi connectivity index (χ1n) is 6.14. The highest BCUT2D eigenvalue weighted by atomic mass is 16.3. The van der Waals surface area contributed by atoms with Gasteiger partial charge in [-0.25, -0.2) is 0 Å². The summed E-state index contributed by atoms with van der Waals surface area (Å²) in [7, 11) is 0.